The van der Waals surface area contributed by atoms with Crippen LogP contribution in [0.3, 0.4) is 0 Å². The van der Waals surface area contributed by atoms with Gasteiger partial charge in [-0.1, -0.05) is 12.1 Å². The van der Waals surface area contributed by atoms with Crippen molar-refractivity contribution in [1.29, 1.82) is 0 Å². The van der Waals surface area contributed by atoms with Gasteiger partial charge in [-0.05, 0) is 48.9 Å². The number of carbonyl (C=O) groups is 2. The molecule has 0 fully saturated rings. The Morgan fingerprint density at radius 3 is 2.19 bits per heavy atom. The molecule has 2 rings (SSSR count). The van der Waals surface area contributed by atoms with Crippen LogP contribution in [0.25, 0.3) is 0 Å². The molecular formula is C25H30F3NO7. The molecule has 11 heteroatoms. The third-order valence-corrected chi connectivity index (χ3v) is 4.76. The van der Waals surface area contributed by atoms with Crippen molar-refractivity contribution in [2.45, 2.75) is 32.3 Å². The van der Waals surface area contributed by atoms with E-state index in [2.05, 4.69) is 0 Å². The second-order valence-electron chi connectivity index (χ2n) is 7.91. The summed E-state index contributed by atoms with van der Waals surface area (Å²) in [6.07, 6.45) is -1.52. The predicted molar refractivity (Wildman–Crippen MR) is 124 cm³/mol. The lowest BCUT2D eigenvalue weighted by Crippen LogP contribution is -2.39. The molecule has 1 amide bonds. The summed E-state index contributed by atoms with van der Waals surface area (Å²) >= 11 is 0. The molecule has 0 heterocycles. The standard InChI is InChI=1S/C25H30F3NO7/c1-3-34-22(23(30)31)16-18-4-8-20(9-5-18)35-15-13-29(12-14-33-17-25(2,27)28)24(32)36-21-10-6-19(26)7-11-21/h4-11,22H,3,12-17H2,1-2H3,(H,30,31). The molecule has 1 N–H and O–H groups in total. The van der Waals surface area contributed by atoms with Crippen molar-refractivity contribution >= 4 is 12.1 Å². The van der Waals surface area contributed by atoms with Crippen LogP contribution < -0.4 is 9.47 Å². The second kappa shape index (κ2) is 14.3. The van der Waals surface area contributed by atoms with Gasteiger partial charge in [-0.2, -0.15) is 0 Å². The van der Waals surface area contributed by atoms with Gasteiger partial charge in [-0.3, -0.25) is 0 Å². The number of carbonyl (C=O) groups excluding carboxylic acids is 1. The largest absolute Gasteiger partial charge is 0.492 e. The van der Waals surface area contributed by atoms with Crippen LogP contribution in [0.4, 0.5) is 18.0 Å². The van der Waals surface area contributed by atoms with E-state index in [1.54, 1.807) is 31.2 Å². The number of aliphatic carboxylic acids is 1. The summed E-state index contributed by atoms with van der Waals surface area (Å²) in [6.45, 7) is 1.86. The minimum absolute atomic E-state index is 0.0353. The predicted octanol–water partition coefficient (Wildman–Crippen LogP) is 4.41. The van der Waals surface area contributed by atoms with Crippen molar-refractivity contribution in [1.82, 2.24) is 4.90 Å². The number of benzene rings is 2. The Balaban J connectivity index is 1.92. The molecular weight excluding hydrogens is 483 g/mol. The fourth-order valence-electron chi connectivity index (χ4n) is 3.02. The third kappa shape index (κ3) is 11.0. The molecule has 0 aliphatic heterocycles. The number of halogens is 3. The molecule has 2 aromatic carbocycles. The number of hydrogen-bond donors (Lipinski definition) is 1. The molecule has 2 aromatic rings. The second-order valence-corrected chi connectivity index (χ2v) is 7.91. The Morgan fingerprint density at radius 2 is 1.61 bits per heavy atom. The van der Waals surface area contributed by atoms with Gasteiger partial charge < -0.3 is 29.0 Å². The summed E-state index contributed by atoms with van der Waals surface area (Å²) < 4.78 is 60.1. The van der Waals surface area contributed by atoms with Gasteiger partial charge in [0.25, 0.3) is 5.92 Å². The minimum Gasteiger partial charge on any atom is -0.492 e. The highest BCUT2D eigenvalue weighted by Gasteiger charge is 2.22. The Labute approximate surface area is 207 Å². The highest BCUT2D eigenvalue weighted by atomic mass is 19.3. The van der Waals surface area contributed by atoms with E-state index in [0.717, 1.165) is 24.6 Å². The van der Waals surface area contributed by atoms with E-state index in [1.807, 2.05) is 0 Å². The molecule has 1 unspecified atom stereocenters. The van der Waals surface area contributed by atoms with Crippen molar-refractivity contribution in [2.24, 2.45) is 0 Å². The van der Waals surface area contributed by atoms with E-state index in [4.69, 9.17) is 18.9 Å². The highest BCUT2D eigenvalue weighted by molar-refractivity contribution is 5.72. The van der Waals surface area contributed by atoms with Gasteiger partial charge >= 0.3 is 12.1 Å². The van der Waals surface area contributed by atoms with Crippen molar-refractivity contribution in [3.63, 3.8) is 0 Å². The number of carboxylic acids is 1. The SMILES string of the molecule is CCOC(Cc1ccc(OCCN(CCOCC(C)(F)F)C(=O)Oc2ccc(F)cc2)cc1)C(=O)O. The van der Waals surface area contributed by atoms with E-state index < -0.39 is 36.5 Å². The number of ether oxygens (including phenoxy) is 4. The molecule has 0 spiro atoms. The third-order valence-electron chi connectivity index (χ3n) is 4.76. The van der Waals surface area contributed by atoms with Crippen LogP contribution in [0.15, 0.2) is 48.5 Å². The number of carboxylic acid groups (broad SMARTS) is 1. The Hall–Kier alpha value is -3.31. The molecule has 36 heavy (non-hydrogen) atoms. The first kappa shape index (κ1) is 28.9. The van der Waals surface area contributed by atoms with Gasteiger partial charge in [0.2, 0.25) is 0 Å². The van der Waals surface area contributed by atoms with Gasteiger partial charge in [0.15, 0.2) is 6.10 Å². The molecule has 0 saturated carbocycles. The molecule has 0 radical (unpaired) electrons. The maximum absolute atomic E-state index is 13.1. The topological polar surface area (TPSA) is 94.5 Å². The lowest BCUT2D eigenvalue weighted by molar-refractivity contribution is -0.149. The fourth-order valence-corrected chi connectivity index (χ4v) is 3.02. The first-order chi connectivity index (χ1) is 17.1. The monoisotopic (exact) mass is 513 g/mol. The fraction of sp³-hybridized carbons (Fsp3) is 0.440. The van der Waals surface area contributed by atoms with E-state index in [1.165, 1.54) is 17.0 Å². The van der Waals surface area contributed by atoms with Crippen molar-refractivity contribution in [3.05, 3.63) is 59.9 Å². The Morgan fingerprint density at radius 1 is 1.00 bits per heavy atom. The van der Waals surface area contributed by atoms with Crippen LogP contribution in [0.1, 0.15) is 19.4 Å². The van der Waals surface area contributed by atoms with Gasteiger partial charge in [-0.15, -0.1) is 0 Å². The maximum Gasteiger partial charge on any atom is 0.415 e. The Kier molecular flexibility index (Phi) is 11.5. The van der Waals surface area contributed by atoms with Crippen LogP contribution in [-0.4, -0.2) is 73.6 Å². The van der Waals surface area contributed by atoms with Crippen molar-refractivity contribution in [2.75, 3.05) is 39.5 Å². The molecule has 0 aromatic heterocycles. The molecule has 8 nitrogen and oxygen atoms in total. The van der Waals surface area contributed by atoms with Crippen LogP contribution in [0.5, 0.6) is 11.5 Å². The number of hydrogen-bond acceptors (Lipinski definition) is 6. The zero-order valence-corrected chi connectivity index (χ0v) is 20.1. The normalized spacial score (nSPS) is 12.1. The van der Waals surface area contributed by atoms with E-state index >= 15 is 0 Å². The lowest BCUT2D eigenvalue weighted by atomic mass is 10.1. The minimum atomic E-state index is -3.00. The number of rotatable bonds is 15. The molecule has 1 atom stereocenters. The Bertz CT molecular complexity index is 950. The first-order valence-electron chi connectivity index (χ1n) is 11.3. The van der Waals surface area contributed by atoms with Crippen LogP contribution in [-0.2, 0) is 20.7 Å². The molecule has 0 aliphatic rings. The summed E-state index contributed by atoms with van der Waals surface area (Å²) in [5.74, 6) is -3.93. The average molecular weight is 514 g/mol. The van der Waals surface area contributed by atoms with Gasteiger partial charge in [0.1, 0.15) is 30.5 Å². The first-order valence-corrected chi connectivity index (χ1v) is 11.3. The average Bonchev–Trinajstić information content (AvgIpc) is 2.82. The summed E-state index contributed by atoms with van der Waals surface area (Å²) in [7, 11) is 0. The zero-order chi connectivity index (χ0) is 26.6. The summed E-state index contributed by atoms with van der Waals surface area (Å²) in [4.78, 5) is 25.0. The molecule has 0 aliphatic carbocycles. The summed E-state index contributed by atoms with van der Waals surface area (Å²) in [5, 5.41) is 9.20. The van der Waals surface area contributed by atoms with Crippen LogP contribution in [0, 0.1) is 5.82 Å². The molecule has 198 valence electrons. The number of nitrogens with zero attached hydrogens (tertiary/aromatic N) is 1. The zero-order valence-electron chi connectivity index (χ0n) is 20.1. The molecule has 0 saturated heterocycles. The van der Waals surface area contributed by atoms with Gasteiger partial charge in [0, 0.05) is 26.5 Å². The quantitative estimate of drug-likeness (QED) is 0.353. The van der Waals surface area contributed by atoms with Gasteiger partial charge in [0.05, 0.1) is 13.2 Å². The van der Waals surface area contributed by atoms with E-state index in [9.17, 15) is 27.9 Å². The number of amides is 1. The maximum atomic E-state index is 13.1. The highest BCUT2D eigenvalue weighted by Crippen LogP contribution is 2.16. The van der Waals surface area contributed by atoms with Crippen molar-refractivity contribution in [3.8, 4) is 11.5 Å². The summed E-state index contributed by atoms with van der Waals surface area (Å²) in [6, 6.07) is 11.6. The number of alkyl halides is 2. The van der Waals surface area contributed by atoms with Crippen LogP contribution >= 0.6 is 0 Å². The van der Waals surface area contributed by atoms with Crippen LogP contribution in [0.2, 0.25) is 0 Å². The smallest absolute Gasteiger partial charge is 0.415 e. The van der Waals surface area contributed by atoms with E-state index in [-0.39, 0.29) is 45.1 Å². The lowest BCUT2D eigenvalue weighted by Gasteiger charge is -2.22. The van der Waals surface area contributed by atoms with Crippen molar-refractivity contribution < 1.29 is 46.8 Å². The van der Waals surface area contributed by atoms with Gasteiger partial charge in [-0.25, -0.2) is 22.8 Å². The summed E-state index contributed by atoms with van der Waals surface area (Å²) in [5.41, 5.74) is 0.748. The molecule has 0 bridgehead atoms. The van der Waals surface area contributed by atoms with E-state index in [0.29, 0.717) is 5.75 Å².